The van der Waals surface area contributed by atoms with Crippen molar-refractivity contribution in [2.45, 2.75) is 26.4 Å². The molecule has 1 fully saturated rings. The van der Waals surface area contributed by atoms with Gasteiger partial charge in [-0.3, -0.25) is 9.48 Å². The lowest BCUT2D eigenvalue weighted by molar-refractivity contribution is 0.0240. The molecule has 2 amide bonds. The third-order valence-corrected chi connectivity index (χ3v) is 7.17. The highest BCUT2D eigenvalue weighted by atomic mass is 32.1. The van der Waals surface area contributed by atoms with E-state index in [1.807, 2.05) is 26.8 Å². The number of nitrogens with zero attached hydrogens (tertiary/aromatic N) is 5. The van der Waals surface area contributed by atoms with Crippen LogP contribution in [0.1, 0.15) is 31.1 Å². The molecule has 2 aromatic heterocycles. The first kappa shape index (κ1) is 25.7. The summed E-state index contributed by atoms with van der Waals surface area (Å²) in [7, 11) is 3.24. The number of benzene rings is 2. The fourth-order valence-corrected chi connectivity index (χ4v) is 5.38. The Morgan fingerprint density at radius 3 is 2.53 bits per heavy atom. The quantitative estimate of drug-likeness (QED) is 0.402. The zero-order valence-corrected chi connectivity index (χ0v) is 22.7. The van der Waals surface area contributed by atoms with Gasteiger partial charge in [0, 0.05) is 50.5 Å². The molecule has 0 spiro atoms. The molecule has 1 aliphatic rings. The van der Waals surface area contributed by atoms with Gasteiger partial charge in [-0.1, -0.05) is 11.3 Å². The van der Waals surface area contributed by atoms with Crippen molar-refractivity contribution in [1.82, 2.24) is 19.7 Å². The van der Waals surface area contributed by atoms with Gasteiger partial charge in [0.05, 0.1) is 23.1 Å². The summed E-state index contributed by atoms with van der Waals surface area (Å²) >= 11 is 1.35. The third-order valence-electron chi connectivity index (χ3n) is 6.13. The molecule has 10 nitrogen and oxygen atoms in total. The predicted molar refractivity (Wildman–Crippen MR) is 145 cm³/mol. The molecule has 200 valence electrons. The second kappa shape index (κ2) is 9.75. The zero-order valence-electron chi connectivity index (χ0n) is 21.9. The summed E-state index contributed by atoms with van der Waals surface area (Å²) in [6.45, 7) is 7.77. The molecule has 2 aromatic carbocycles. The van der Waals surface area contributed by atoms with E-state index in [2.05, 4.69) is 20.3 Å². The summed E-state index contributed by atoms with van der Waals surface area (Å²) < 4.78 is 27.7. The highest BCUT2D eigenvalue weighted by molar-refractivity contribution is 7.21. The molecule has 1 aliphatic heterocycles. The summed E-state index contributed by atoms with van der Waals surface area (Å²) in [6, 6.07) is 6.53. The highest BCUT2D eigenvalue weighted by Crippen LogP contribution is 2.38. The molecular weight excluding hydrogens is 511 g/mol. The van der Waals surface area contributed by atoms with E-state index in [0.717, 1.165) is 10.4 Å². The van der Waals surface area contributed by atoms with Crippen molar-refractivity contribution in [3.8, 4) is 5.19 Å². The number of piperazine rings is 1. The fourth-order valence-electron chi connectivity index (χ4n) is 4.43. The maximum Gasteiger partial charge on any atom is 0.410 e. The number of rotatable bonds is 4. The van der Waals surface area contributed by atoms with E-state index >= 15 is 0 Å². The normalized spacial score (nSPS) is 14.3. The van der Waals surface area contributed by atoms with Crippen LogP contribution in [0.4, 0.5) is 20.6 Å². The van der Waals surface area contributed by atoms with Crippen LogP contribution >= 0.6 is 11.3 Å². The Morgan fingerprint density at radius 1 is 1.11 bits per heavy atom. The van der Waals surface area contributed by atoms with Crippen LogP contribution in [0.2, 0.25) is 0 Å². The molecule has 3 heterocycles. The third kappa shape index (κ3) is 5.08. The van der Waals surface area contributed by atoms with E-state index < -0.39 is 17.3 Å². The average molecular weight is 541 g/mol. The van der Waals surface area contributed by atoms with Crippen LogP contribution in [-0.2, 0) is 11.8 Å². The maximum absolute atomic E-state index is 14.5. The minimum atomic E-state index is -0.550. The Morgan fingerprint density at radius 2 is 1.84 bits per heavy atom. The summed E-state index contributed by atoms with van der Waals surface area (Å²) in [5.74, 6) is -0.924. The SMILES string of the molecule is COc1nc2c(C(=O)Nc3cc(F)c4nn(C)cc4c3)ccc(N3CCN(C(=O)OC(C)(C)C)CC3)c2s1. The molecule has 1 saturated heterocycles. The minimum Gasteiger partial charge on any atom is -0.473 e. The molecule has 0 bridgehead atoms. The second-order valence-electron chi connectivity index (χ2n) is 10.1. The van der Waals surface area contributed by atoms with E-state index in [0.29, 0.717) is 53.5 Å². The van der Waals surface area contributed by atoms with Gasteiger partial charge < -0.3 is 24.6 Å². The van der Waals surface area contributed by atoms with E-state index in [1.165, 1.54) is 29.2 Å². The number of amides is 2. The van der Waals surface area contributed by atoms with Gasteiger partial charge in [0.15, 0.2) is 5.82 Å². The second-order valence-corrected chi connectivity index (χ2v) is 11.1. The number of aryl methyl sites for hydroxylation is 1. The first-order chi connectivity index (χ1) is 18.0. The number of fused-ring (bicyclic) bond motifs is 2. The topological polar surface area (TPSA) is 102 Å². The number of methoxy groups -OCH3 is 1. The molecule has 5 rings (SSSR count). The molecule has 0 atom stereocenters. The largest absolute Gasteiger partial charge is 0.473 e. The van der Waals surface area contributed by atoms with Crippen LogP contribution in [-0.4, -0.2) is 70.6 Å². The molecule has 0 unspecified atom stereocenters. The number of carbonyl (C=O) groups is 2. The Bertz CT molecular complexity index is 1530. The predicted octanol–water partition coefficient (Wildman–Crippen LogP) is 4.64. The van der Waals surface area contributed by atoms with Crippen molar-refractivity contribution in [1.29, 1.82) is 0 Å². The highest BCUT2D eigenvalue weighted by Gasteiger charge is 2.28. The average Bonchev–Trinajstić information content (AvgIpc) is 3.46. The lowest BCUT2D eigenvalue weighted by Gasteiger charge is -2.36. The van der Waals surface area contributed by atoms with Crippen LogP contribution in [0.5, 0.6) is 5.19 Å². The number of nitrogens with one attached hydrogen (secondary N) is 1. The van der Waals surface area contributed by atoms with Crippen LogP contribution in [0.3, 0.4) is 0 Å². The molecule has 1 N–H and O–H groups in total. The molecule has 4 aromatic rings. The van der Waals surface area contributed by atoms with Crippen LogP contribution < -0.4 is 15.0 Å². The number of aromatic nitrogens is 3. The Balaban J connectivity index is 1.39. The molecule has 38 heavy (non-hydrogen) atoms. The number of hydrogen-bond donors (Lipinski definition) is 1. The number of anilines is 2. The Hall–Kier alpha value is -3.93. The van der Waals surface area contributed by atoms with E-state index in [1.54, 1.807) is 30.3 Å². The number of thiazole rings is 1. The van der Waals surface area contributed by atoms with E-state index in [-0.39, 0.29) is 11.6 Å². The van der Waals surface area contributed by atoms with Crippen molar-refractivity contribution < 1.29 is 23.5 Å². The monoisotopic (exact) mass is 540 g/mol. The van der Waals surface area contributed by atoms with Gasteiger partial charge in [0.25, 0.3) is 11.1 Å². The molecular formula is C26H29FN6O4S. The lowest BCUT2D eigenvalue weighted by atomic mass is 10.1. The summed E-state index contributed by atoms with van der Waals surface area (Å²) in [4.78, 5) is 34.2. The number of carbonyl (C=O) groups excluding carboxylic acids is 2. The van der Waals surface area contributed by atoms with Gasteiger partial charge in [-0.15, -0.1) is 0 Å². The Kier molecular flexibility index (Phi) is 6.59. The zero-order chi connectivity index (χ0) is 27.2. The number of halogens is 1. The molecule has 12 heteroatoms. The van der Waals surface area contributed by atoms with Crippen LogP contribution in [0.25, 0.3) is 21.1 Å². The molecule has 0 aliphatic carbocycles. The van der Waals surface area contributed by atoms with Crippen molar-refractivity contribution in [3.63, 3.8) is 0 Å². The first-order valence-electron chi connectivity index (χ1n) is 12.2. The number of ether oxygens (including phenoxy) is 2. The van der Waals surface area contributed by atoms with Crippen molar-refractivity contribution >= 4 is 55.8 Å². The maximum atomic E-state index is 14.5. The standard InChI is InChI=1S/C26H29FN6O4S/c1-26(2,3)37-25(35)33-10-8-32(9-11-33)19-7-6-17(21-22(19)38-24(29-21)36-5)23(34)28-16-12-15-14-31(4)30-20(15)18(27)13-16/h6-7,12-14H,8-11H2,1-5H3,(H,28,34). The minimum absolute atomic E-state index is 0.244. The number of hydrogen-bond acceptors (Lipinski definition) is 8. The van der Waals surface area contributed by atoms with E-state index in [9.17, 15) is 14.0 Å². The Labute approximate surface area is 222 Å². The fraction of sp³-hybridized carbons (Fsp3) is 0.385. The summed E-state index contributed by atoms with van der Waals surface area (Å²) in [5, 5.41) is 7.91. The van der Waals surface area contributed by atoms with Crippen molar-refractivity contribution in [2.24, 2.45) is 7.05 Å². The lowest BCUT2D eigenvalue weighted by Crippen LogP contribution is -2.50. The van der Waals surface area contributed by atoms with Gasteiger partial charge in [0.1, 0.15) is 16.6 Å². The van der Waals surface area contributed by atoms with E-state index in [4.69, 9.17) is 9.47 Å². The first-order valence-corrected chi connectivity index (χ1v) is 13.0. The molecule has 0 saturated carbocycles. The van der Waals surface area contributed by atoms with Gasteiger partial charge in [-0.05, 0) is 45.0 Å². The van der Waals surface area contributed by atoms with Gasteiger partial charge in [0.2, 0.25) is 0 Å². The summed E-state index contributed by atoms with van der Waals surface area (Å²) in [5.41, 5.74) is 1.77. The smallest absolute Gasteiger partial charge is 0.410 e. The van der Waals surface area contributed by atoms with Crippen molar-refractivity contribution in [2.75, 3.05) is 43.5 Å². The van der Waals surface area contributed by atoms with Gasteiger partial charge >= 0.3 is 6.09 Å². The van der Waals surface area contributed by atoms with Crippen LogP contribution in [0, 0.1) is 5.82 Å². The van der Waals surface area contributed by atoms with Crippen LogP contribution in [0.15, 0.2) is 30.5 Å². The molecule has 0 radical (unpaired) electrons. The summed E-state index contributed by atoms with van der Waals surface area (Å²) in [6.07, 6.45) is 1.37. The van der Waals surface area contributed by atoms with Gasteiger partial charge in [-0.2, -0.15) is 5.10 Å². The van der Waals surface area contributed by atoms with Crippen molar-refractivity contribution in [3.05, 3.63) is 41.8 Å². The van der Waals surface area contributed by atoms with Gasteiger partial charge in [-0.25, -0.2) is 14.2 Å².